The zero-order chi connectivity index (χ0) is 12.1. The Morgan fingerprint density at radius 1 is 1.62 bits per heavy atom. The third-order valence-corrected chi connectivity index (χ3v) is 2.09. The van der Waals surface area contributed by atoms with Crippen LogP contribution in [0.5, 0.6) is 5.75 Å². The Balaban J connectivity index is 3.00. The number of carbonyl (C=O) groups is 1. The van der Waals surface area contributed by atoms with Crippen molar-refractivity contribution in [1.29, 1.82) is 0 Å². The molecule has 1 aromatic rings. The fourth-order valence-corrected chi connectivity index (χ4v) is 1.28. The SMILES string of the molecule is C#CC(C)NC(=O)c1cccc(N)c1OC. The van der Waals surface area contributed by atoms with Gasteiger partial charge >= 0.3 is 0 Å². The minimum Gasteiger partial charge on any atom is -0.494 e. The van der Waals surface area contributed by atoms with Crippen molar-refractivity contribution in [2.45, 2.75) is 13.0 Å². The van der Waals surface area contributed by atoms with E-state index in [2.05, 4.69) is 11.2 Å². The molecule has 0 aliphatic heterocycles. The van der Waals surface area contributed by atoms with Gasteiger partial charge in [-0.25, -0.2) is 0 Å². The topological polar surface area (TPSA) is 64.4 Å². The van der Waals surface area contributed by atoms with Gasteiger partial charge in [-0.1, -0.05) is 12.0 Å². The van der Waals surface area contributed by atoms with E-state index in [0.29, 0.717) is 17.0 Å². The van der Waals surface area contributed by atoms with Crippen molar-refractivity contribution in [2.24, 2.45) is 0 Å². The number of benzene rings is 1. The van der Waals surface area contributed by atoms with Crippen LogP contribution in [0.2, 0.25) is 0 Å². The Morgan fingerprint density at radius 3 is 2.88 bits per heavy atom. The molecule has 1 atom stereocenters. The van der Waals surface area contributed by atoms with Gasteiger partial charge in [0.25, 0.3) is 5.91 Å². The molecule has 1 aromatic carbocycles. The molecule has 0 saturated heterocycles. The Bertz CT molecular complexity index is 435. The Labute approximate surface area is 94.8 Å². The van der Waals surface area contributed by atoms with Crippen LogP contribution in [0, 0.1) is 12.3 Å². The number of terminal acetylenes is 1. The Morgan fingerprint density at radius 2 is 2.31 bits per heavy atom. The molecule has 0 saturated carbocycles. The summed E-state index contributed by atoms with van der Waals surface area (Å²) in [4.78, 5) is 11.8. The van der Waals surface area contributed by atoms with Gasteiger partial charge in [0.15, 0.2) is 5.75 Å². The van der Waals surface area contributed by atoms with Gasteiger partial charge < -0.3 is 15.8 Å². The molecule has 0 fully saturated rings. The molecule has 0 heterocycles. The molecule has 84 valence electrons. The molecule has 3 N–H and O–H groups in total. The minimum absolute atomic E-state index is 0.297. The largest absolute Gasteiger partial charge is 0.494 e. The zero-order valence-corrected chi connectivity index (χ0v) is 9.28. The number of ether oxygens (including phenoxy) is 1. The van der Waals surface area contributed by atoms with Crippen LogP contribution >= 0.6 is 0 Å². The maximum atomic E-state index is 11.8. The lowest BCUT2D eigenvalue weighted by Crippen LogP contribution is -2.31. The summed E-state index contributed by atoms with van der Waals surface area (Å²) in [5.41, 5.74) is 6.49. The van der Waals surface area contributed by atoms with Crippen LogP contribution in [0.3, 0.4) is 0 Å². The Kier molecular flexibility index (Phi) is 3.78. The molecule has 0 radical (unpaired) electrons. The number of nitrogens with one attached hydrogen (secondary N) is 1. The molecule has 0 bridgehead atoms. The van der Waals surface area contributed by atoms with Gasteiger partial charge in [-0.3, -0.25) is 4.79 Å². The minimum atomic E-state index is -0.335. The predicted molar refractivity (Wildman–Crippen MR) is 63.2 cm³/mol. The lowest BCUT2D eigenvalue weighted by atomic mass is 10.1. The van der Waals surface area contributed by atoms with E-state index in [9.17, 15) is 4.79 Å². The number of hydrogen-bond donors (Lipinski definition) is 2. The summed E-state index contributed by atoms with van der Waals surface area (Å²) in [6.45, 7) is 1.72. The van der Waals surface area contributed by atoms with Crippen molar-refractivity contribution in [2.75, 3.05) is 12.8 Å². The zero-order valence-electron chi connectivity index (χ0n) is 9.28. The van der Waals surface area contributed by atoms with E-state index in [0.717, 1.165) is 0 Å². The van der Waals surface area contributed by atoms with Crippen LogP contribution < -0.4 is 15.8 Å². The number of hydrogen-bond acceptors (Lipinski definition) is 3. The highest BCUT2D eigenvalue weighted by Crippen LogP contribution is 2.25. The number of rotatable bonds is 3. The number of amides is 1. The lowest BCUT2D eigenvalue weighted by molar-refractivity contribution is 0.0945. The quantitative estimate of drug-likeness (QED) is 0.588. The maximum Gasteiger partial charge on any atom is 0.256 e. The second kappa shape index (κ2) is 5.08. The third-order valence-electron chi connectivity index (χ3n) is 2.09. The summed E-state index contributed by atoms with van der Waals surface area (Å²) in [7, 11) is 1.47. The van der Waals surface area contributed by atoms with E-state index in [1.54, 1.807) is 25.1 Å². The molecule has 4 nitrogen and oxygen atoms in total. The van der Waals surface area contributed by atoms with Gasteiger partial charge in [0.05, 0.1) is 24.4 Å². The molecular formula is C12H14N2O2. The highest BCUT2D eigenvalue weighted by Gasteiger charge is 2.15. The van der Waals surface area contributed by atoms with Crippen molar-refractivity contribution >= 4 is 11.6 Å². The number of methoxy groups -OCH3 is 1. The third kappa shape index (κ3) is 2.45. The molecule has 0 aliphatic rings. The summed E-state index contributed by atoms with van der Waals surface area (Å²) in [5, 5.41) is 2.64. The molecule has 1 rings (SSSR count). The second-order valence-corrected chi connectivity index (χ2v) is 3.29. The van der Waals surface area contributed by atoms with E-state index in [1.165, 1.54) is 7.11 Å². The molecule has 16 heavy (non-hydrogen) atoms. The molecule has 0 aromatic heterocycles. The predicted octanol–water partition coefficient (Wildman–Crippen LogP) is 1.03. The molecule has 0 aliphatic carbocycles. The number of nitrogen functional groups attached to an aromatic ring is 1. The lowest BCUT2D eigenvalue weighted by Gasteiger charge is -2.12. The summed E-state index contributed by atoms with van der Waals surface area (Å²) in [6, 6.07) is 4.65. The molecule has 4 heteroatoms. The van der Waals surface area contributed by atoms with Crippen LogP contribution in [0.25, 0.3) is 0 Å². The normalized spacial score (nSPS) is 11.3. The van der Waals surface area contributed by atoms with Crippen LogP contribution in [0.15, 0.2) is 18.2 Å². The number of carbonyl (C=O) groups excluding carboxylic acids is 1. The van der Waals surface area contributed by atoms with Crippen molar-refractivity contribution in [3.63, 3.8) is 0 Å². The van der Waals surface area contributed by atoms with Gasteiger partial charge in [-0.05, 0) is 19.1 Å². The fourth-order valence-electron chi connectivity index (χ4n) is 1.28. The van der Waals surface area contributed by atoms with Crippen molar-refractivity contribution in [3.8, 4) is 18.1 Å². The highest BCUT2D eigenvalue weighted by atomic mass is 16.5. The first kappa shape index (κ1) is 11.9. The van der Waals surface area contributed by atoms with E-state index in [-0.39, 0.29) is 11.9 Å². The van der Waals surface area contributed by atoms with E-state index >= 15 is 0 Å². The van der Waals surface area contributed by atoms with E-state index in [4.69, 9.17) is 16.9 Å². The first-order valence-electron chi connectivity index (χ1n) is 4.79. The summed E-state index contributed by atoms with van der Waals surface area (Å²) < 4.78 is 5.07. The first-order chi connectivity index (χ1) is 7.60. The Hall–Kier alpha value is -2.15. The number of para-hydroxylation sites is 1. The van der Waals surface area contributed by atoms with Crippen molar-refractivity contribution in [1.82, 2.24) is 5.32 Å². The summed E-state index contributed by atoms with van der Waals surface area (Å²) in [6.07, 6.45) is 5.18. The number of nitrogens with two attached hydrogens (primary N) is 1. The molecular weight excluding hydrogens is 204 g/mol. The smallest absolute Gasteiger partial charge is 0.256 e. The van der Waals surface area contributed by atoms with E-state index in [1.807, 2.05) is 0 Å². The van der Waals surface area contributed by atoms with Crippen LogP contribution in [0.1, 0.15) is 17.3 Å². The van der Waals surface area contributed by atoms with Crippen LogP contribution in [0.4, 0.5) is 5.69 Å². The van der Waals surface area contributed by atoms with Crippen molar-refractivity contribution < 1.29 is 9.53 Å². The summed E-state index contributed by atoms with van der Waals surface area (Å²) in [5.74, 6) is 2.48. The standard InChI is InChI=1S/C12H14N2O2/c1-4-8(2)14-12(15)9-6-5-7-10(13)11(9)16-3/h1,5-8H,13H2,2-3H3,(H,14,15). The van der Waals surface area contributed by atoms with Gasteiger partial charge in [0, 0.05) is 0 Å². The van der Waals surface area contributed by atoms with Gasteiger partial charge in [-0.15, -0.1) is 6.42 Å². The van der Waals surface area contributed by atoms with Gasteiger partial charge in [0.1, 0.15) is 0 Å². The maximum absolute atomic E-state index is 11.8. The van der Waals surface area contributed by atoms with Gasteiger partial charge in [0.2, 0.25) is 0 Å². The van der Waals surface area contributed by atoms with Crippen LogP contribution in [-0.4, -0.2) is 19.1 Å². The van der Waals surface area contributed by atoms with Gasteiger partial charge in [-0.2, -0.15) is 0 Å². The second-order valence-electron chi connectivity index (χ2n) is 3.29. The monoisotopic (exact) mass is 218 g/mol. The molecule has 1 amide bonds. The van der Waals surface area contributed by atoms with E-state index < -0.39 is 0 Å². The fraction of sp³-hybridized carbons (Fsp3) is 0.250. The number of anilines is 1. The molecule has 1 unspecified atom stereocenters. The first-order valence-corrected chi connectivity index (χ1v) is 4.79. The summed E-state index contributed by atoms with van der Waals surface area (Å²) >= 11 is 0. The highest BCUT2D eigenvalue weighted by molar-refractivity contribution is 5.98. The average Bonchev–Trinajstić information content (AvgIpc) is 2.28. The molecule has 0 spiro atoms. The van der Waals surface area contributed by atoms with Crippen LogP contribution in [-0.2, 0) is 0 Å². The van der Waals surface area contributed by atoms with Crippen molar-refractivity contribution in [3.05, 3.63) is 23.8 Å². The average molecular weight is 218 g/mol.